The van der Waals surface area contributed by atoms with E-state index in [1.165, 1.54) is 5.56 Å². The molecule has 66 heavy (non-hydrogen) atoms. The lowest BCUT2D eigenvalue weighted by molar-refractivity contribution is -0.199. The lowest BCUT2D eigenvalue weighted by Crippen LogP contribution is -2.65. The van der Waals surface area contributed by atoms with Crippen LogP contribution in [0, 0.1) is 29.1 Å². The maximum Gasteiger partial charge on any atom is 0.461 e. The van der Waals surface area contributed by atoms with Crippen LogP contribution in [0.25, 0.3) is 11.1 Å². The third-order valence-corrected chi connectivity index (χ3v) is 15.2. The van der Waals surface area contributed by atoms with Gasteiger partial charge in [-0.3, -0.25) is 28.8 Å². The molecular formula is C53H78BN3O9. The van der Waals surface area contributed by atoms with Crippen molar-refractivity contribution in [2.75, 3.05) is 6.54 Å². The summed E-state index contributed by atoms with van der Waals surface area (Å²) in [5, 5.41) is 15.3. The molecule has 3 saturated carbocycles. The van der Waals surface area contributed by atoms with Crippen molar-refractivity contribution in [3.8, 4) is 11.1 Å². The Kier molecular flexibility index (Phi) is 19.3. The summed E-state index contributed by atoms with van der Waals surface area (Å²) in [6, 6.07) is 13.8. The number of hydrogen-bond acceptors (Lipinski definition) is 9. The van der Waals surface area contributed by atoms with Crippen LogP contribution >= 0.6 is 0 Å². The van der Waals surface area contributed by atoms with Crippen molar-refractivity contribution in [1.29, 1.82) is 0 Å². The van der Waals surface area contributed by atoms with Crippen LogP contribution in [0.5, 0.6) is 0 Å². The number of rotatable bonds is 29. The van der Waals surface area contributed by atoms with Crippen LogP contribution in [0.3, 0.4) is 0 Å². The summed E-state index contributed by atoms with van der Waals surface area (Å²) in [7, 11) is -0.534. The first kappa shape index (κ1) is 52.8. The number of carboxylic acids is 1. The smallest absolute Gasteiger partial charge is 0.461 e. The lowest BCUT2D eigenvalue weighted by atomic mass is 9.43. The summed E-state index contributed by atoms with van der Waals surface area (Å²) < 4.78 is 13.1. The number of hydrogen-bond donors (Lipinski definition) is 4. The van der Waals surface area contributed by atoms with Gasteiger partial charge in [0.05, 0.1) is 23.8 Å². The molecule has 1 heterocycles. The van der Waals surface area contributed by atoms with E-state index in [1.807, 2.05) is 26.0 Å². The number of nitrogens with one attached hydrogen (secondary N) is 2. The molecule has 0 unspecified atom stereocenters. The van der Waals surface area contributed by atoms with Crippen LogP contribution in [-0.2, 0) is 39.7 Å². The van der Waals surface area contributed by atoms with E-state index in [-0.39, 0.29) is 61.0 Å². The number of aryl methyl sites for hydroxylation is 1. The molecule has 5 N–H and O–H groups in total. The topological polar surface area (TPSA) is 191 Å². The van der Waals surface area contributed by atoms with Crippen molar-refractivity contribution in [1.82, 2.24) is 10.6 Å². The molecule has 9 atom stereocenters. The van der Waals surface area contributed by atoms with E-state index < -0.39 is 60.2 Å². The van der Waals surface area contributed by atoms with Gasteiger partial charge in [0, 0.05) is 43.1 Å². The Hall–Kier alpha value is -4.20. The van der Waals surface area contributed by atoms with Gasteiger partial charge < -0.3 is 30.8 Å². The van der Waals surface area contributed by atoms with Gasteiger partial charge in [0.1, 0.15) is 0 Å². The van der Waals surface area contributed by atoms with E-state index >= 15 is 0 Å². The zero-order valence-corrected chi connectivity index (χ0v) is 40.8. The van der Waals surface area contributed by atoms with Crippen LogP contribution in [0.2, 0.25) is 5.82 Å². The number of amides is 2. The molecule has 0 radical (unpaired) electrons. The average molecular weight is 912 g/mol. The number of aliphatic carboxylic acids is 1. The van der Waals surface area contributed by atoms with Gasteiger partial charge in [-0.15, -0.1) is 0 Å². The van der Waals surface area contributed by atoms with Gasteiger partial charge in [-0.1, -0.05) is 116 Å². The van der Waals surface area contributed by atoms with Crippen molar-refractivity contribution in [3.63, 3.8) is 0 Å². The van der Waals surface area contributed by atoms with Crippen LogP contribution in [-0.4, -0.2) is 77.7 Å². The minimum Gasteiger partial charge on any atom is -0.481 e. The second kappa shape index (κ2) is 24.2. The second-order valence-corrected chi connectivity index (χ2v) is 20.6. The van der Waals surface area contributed by atoms with Gasteiger partial charge in [0.15, 0.2) is 17.3 Å². The molecule has 4 aliphatic rings. The summed E-state index contributed by atoms with van der Waals surface area (Å²) in [4.78, 5) is 80.9. The monoisotopic (exact) mass is 912 g/mol. The first-order valence-corrected chi connectivity index (χ1v) is 25.0. The van der Waals surface area contributed by atoms with Crippen LogP contribution in [0.1, 0.15) is 167 Å². The standard InChI is InChI=1S/C53H78BN3O9/c1-8-10-12-16-40(31-44(58)39-24-22-38(23-25-39)37-20-18-36(19-21-37)15-11-9-2)51(64)57-43(26-27-49(61)62)45(59)29-34(3)50(63)56-42(17-13-14-28-55)46(60)30-35(4)54-65-48-33-41-32-47(52(41,5)6)53(48,7)66-54/h18-25,34-35,40-43,47-48H,8-17,26-33,55H2,1-7H3,(H,56,63)(H,57,64)(H,61,62)/t34-,35-,40-,41+,42+,43+,47+,48-,53+/m1/s1. The minimum atomic E-state index is -1.18. The number of nitrogens with two attached hydrogens (primary N) is 1. The van der Waals surface area contributed by atoms with Crippen molar-refractivity contribution >= 4 is 42.3 Å². The van der Waals surface area contributed by atoms with E-state index in [2.05, 4.69) is 62.6 Å². The highest BCUT2D eigenvalue weighted by molar-refractivity contribution is 6.47. The number of benzene rings is 2. The molecule has 3 aliphatic carbocycles. The van der Waals surface area contributed by atoms with Crippen molar-refractivity contribution in [2.45, 2.75) is 187 Å². The molecule has 1 saturated heterocycles. The van der Waals surface area contributed by atoms with E-state index in [1.54, 1.807) is 19.1 Å². The van der Waals surface area contributed by atoms with Gasteiger partial charge >= 0.3 is 13.1 Å². The lowest BCUT2D eigenvalue weighted by Gasteiger charge is -2.64. The molecule has 2 amide bonds. The number of unbranched alkanes of at least 4 members (excludes halogenated alkanes) is 4. The summed E-state index contributed by atoms with van der Waals surface area (Å²) in [6.45, 7) is 14.9. The van der Waals surface area contributed by atoms with Gasteiger partial charge in [0.25, 0.3) is 0 Å². The Labute approximate surface area is 394 Å². The number of Topliss-reactive ketones (excluding diaryl/α,β-unsaturated/α-hetero) is 3. The molecule has 0 spiro atoms. The molecule has 6 rings (SSSR count). The molecule has 362 valence electrons. The van der Waals surface area contributed by atoms with E-state index in [4.69, 9.17) is 15.0 Å². The zero-order valence-electron chi connectivity index (χ0n) is 40.8. The predicted octanol–water partition coefficient (Wildman–Crippen LogP) is 9.10. The third-order valence-electron chi connectivity index (χ3n) is 15.2. The molecule has 2 aromatic rings. The number of ketones is 3. The van der Waals surface area contributed by atoms with Crippen LogP contribution in [0.15, 0.2) is 48.5 Å². The van der Waals surface area contributed by atoms with Gasteiger partial charge in [-0.05, 0) is 111 Å². The summed E-state index contributed by atoms with van der Waals surface area (Å²) in [6.07, 6.45) is 9.14. The van der Waals surface area contributed by atoms with Gasteiger partial charge in [0.2, 0.25) is 11.8 Å². The minimum absolute atomic E-state index is 0.0127. The maximum atomic E-state index is 14.0. The zero-order chi connectivity index (χ0) is 48.2. The van der Waals surface area contributed by atoms with Crippen LogP contribution in [0.4, 0.5) is 0 Å². The highest BCUT2D eigenvalue weighted by Crippen LogP contribution is 2.66. The number of carbonyl (C=O) groups is 6. The van der Waals surface area contributed by atoms with Crippen LogP contribution < -0.4 is 16.4 Å². The number of carboxylic acid groups (broad SMARTS) is 1. The second-order valence-electron chi connectivity index (χ2n) is 20.6. The predicted molar refractivity (Wildman–Crippen MR) is 259 cm³/mol. The Balaban J connectivity index is 1.20. The SMILES string of the molecule is CCCCC[C@H](CC(=O)c1ccc(-c2ccc(CCCC)cc2)cc1)C(=O)N[C@@H](CCC(=O)O)C(=O)C[C@@H](C)C(=O)N[C@@H](CCCCN)C(=O)C[C@@H](C)B1O[C@@H]2C[C@@H]3C[C@@H](C3(C)C)[C@]2(C)O1. The maximum absolute atomic E-state index is 14.0. The molecule has 2 aromatic carbocycles. The Morgan fingerprint density at radius 2 is 1.36 bits per heavy atom. The van der Waals surface area contributed by atoms with E-state index in [0.29, 0.717) is 56.0 Å². The Morgan fingerprint density at radius 1 is 0.758 bits per heavy atom. The van der Waals surface area contributed by atoms with E-state index in [0.717, 1.165) is 56.1 Å². The molecular weight excluding hydrogens is 833 g/mol. The average Bonchev–Trinajstić information content (AvgIpc) is 3.66. The molecule has 13 heteroatoms. The summed E-state index contributed by atoms with van der Waals surface area (Å²) in [5.74, 6) is -3.85. The third kappa shape index (κ3) is 13.5. The van der Waals surface area contributed by atoms with Crippen molar-refractivity contribution in [3.05, 3.63) is 59.7 Å². The molecule has 4 fully saturated rings. The normalized spacial score (nSPS) is 22.8. The number of carbonyl (C=O) groups excluding carboxylic acids is 5. The Bertz CT molecular complexity index is 1970. The molecule has 12 nitrogen and oxygen atoms in total. The summed E-state index contributed by atoms with van der Waals surface area (Å²) >= 11 is 0. The molecule has 2 bridgehead atoms. The fourth-order valence-corrected chi connectivity index (χ4v) is 10.6. The first-order chi connectivity index (χ1) is 31.4. The largest absolute Gasteiger partial charge is 0.481 e. The quantitative estimate of drug-likeness (QED) is 0.0348. The summed E-state index contributed by atoms with van der Waals surface area (Å²) in [5.41, 5.74) is 9.36. The Morgan fingerprint density at radius 3 is 1.98 bits per heavy atom. The highest BCUT2D eigenvalue weighted by atomic mass is 16.7. The van der Waals surface area contributed by atoms with E-state index in [9.17, 15) is 33.9 Å². The van der Waals surface area contributed by atoms with Crippen molar-refractivity contribution < 1.29 is 43.2 Å². The fourth-order valence-electron chi connectivity index (χ4n) is 10.6. The van der Waals surface area contributed by atoms with Gasteiger partial charge in [-0.25, -0.2) is 0 Å². The molecule has 0 aromatic heterocycles. The first-order valence-electron chi connectivity index (χ1n) is 25.0. The molecule has 1 aliphatic heterocycles. The fraction of sp³-hybridized carbons (Fsp3) is 0.660. The van der Waals surface area contributed by atoms with Gasteiger partial charge in [-0.2, -0.15) is 0 Å². The van der Waals surface area contributed by atoms with Crippen molar-refractivity contribution in [2.24, 2.45) is 34.8 Å². The highest BCUT2D eigenvalue weighted by Gasteiger charge is 2.68.